The van der Waals surface area contributed by atoms with Crippen LogP contribution in [0.25, 0.3) is 0 Å². The normalized spacial score (nSPS) is 20.1. The number of likely N-dealkylation sites (tertiary alicyclic amines) is 1. The van der Waals surface area contributed by atoms with Gasteiger partial charge in [0.15, 0.2) is 0 Å². The van der Waals surface area contributed by atoms with Crippen LogP contribution in [0.1, 0.15) is 33.6 Å². The average Bonchev–Trinajstić information content (AvgIpc) is 2.55. The van der Waals surface area contributed by atoms with Crippen molar-refractivity contribution < 1.29 is 17.9 Å². The number of benzene rings is 1. The van der Waals surface area contributed by atoms with E-state index >= 15 is 0 Å². The van der Waals surface area contributed by atoms with Crippen LogP contribution in [0.2, 0.25) is 0 Å². The van der Waals surface area contributed by atoms with Gasteiger partial charge in [0.25, 0.3) is 0 Å². The Balaban J connectivity index is 0.00000364. The van der Waals surface area contributed by atoms with Gasteiger partial charge in [0.2, 0.25) is 15.9 Å². The smallest absolute Gasteiger partial charge is 0.241 e. The van der Waals surface area contributed by atoms with Crippen LogP contribution < -0.4 is 15.2 Å². The summed E-state index contributed by atoms with van der Waals surface area (Å²) in [5, 5.41) is 0. The number of nitrogens with two attached hydrogens (primary N) is 1. The van der Waals surface area contributed by atoms with Gasteiger partial charge in [-0.1, -0.05) is 6.92 Å². The van der Waals surface area contributed by atoms with Gasteiger partial charge < -0.3 is 15.4 Å². The van der Waals surface area contributed by atoms with Crippen molar-refractivity contribution in [2.45, 2.75) is 45.8 Å². The number of ether oxygens (including phenoxy) is 1. The topological polar surface area (TPSA) is 102 Å². The minimum Gasteiger partial charge on any atom is -0.491 e. The van der Waals surface area contributed by atoms with Gasteiger partial charge in [-0.25, -0.2) is 8.42 Å². The summed E-state index contributed by atoms with van der Waals surface area (Å²) in [6.07, 6.45) is 1.72. The first-order chi connectivity index (χ1) is 12.2. The van der Waals surface area contributed by atoms with Crippen molar-refractivity contribution >= 4 is 34.0 Å². The van der Waals surface area contributed by atoms with Crippen molar-refractivity contribution in [1.29, 1.82) is 0 Å². The molecule has 27 heavy (non-hydrogen) atoms. The third-order valence-corrected chi connectivity index (χ3v) is 5.56. The molecule has 1 aromatic rings. The van der Waals surface area contributed by atoms with Crippen molar-refractivity contribution in [3.63, 3.8) is 0 Å². The fraction of sp³-hybridized carbons (Fsp3) is 0.611. The van der Waals surface area contributed by atoms with Gasteiger partial charge in [-0.15, -0.1) is 12.4 Å². The second-order valence-corrected chi connectivity index (χ2v) is 8.88. The van der Waals surface area contributed by atoms with E-state index in [1.54, 1.807) is 29.2 Å². The molecule has 0 saturated carbocycles. The number of carbonyl (C=O) groups excluding carboxylic acids is 1. The Kier molecular flexibility index (Phi) is 8.84. The molecular formula is C18H30ClN3O4S. The van der Waals surface area contributed by atoms with Crippen molar-refractivity contribution in [1.82, 2.24) is 4.90 Å². The Morgan fingerprint density at radius 1 is 1.33 bits per heavy atom. The van der Waals surface area contributed by atoms with E-state index in [9.17, 15) is 13.2 Å². The molecule has 1 aliphatic rings. The molecule has 2 rings (SSSR count). The van der Waals surface area contributed by atoms with E-state index in [-0.39, 0.29) is 24.6 Å². The van der Waals surface area contributed by atoms with E-state index in [1.165, 1.54) is 0 Å². The lowest BCUT2D eigenvalue weighted by atomic mass is 9.92. The van der Waals surface area contributed by atoms with Gasteiger partial charge in [0.1, 0.15) is 11.5 Å². The van der Waals surface area contributed by atoms with Crippen LogP contribution in [0.3, 0.4) is 0 Å². The molecule has 1 amide bonds. The average molecular weight is 420 g/mol. The molecule has 0 bridgehead atoms. The molecule has 7 nitrogen and oxygen atoms in total. The molecule has 154 valence electrons. The second kappa shape index (κ2) is 10.1. The molecule has 9 heteroatoms. The fourth-order valence-electron chi connectivity index (χ4n) is 3.14. The molecule has 1 fully saturated rings. The highest BCUT2D eigenvalue weighted by Crippen LogP contribution is 2.23. The summed E-state index contributed by atoms with van der Waals surface area (Å²) in [4.78, 5) is 14.1. The standard InChI is InChI=1S/C18H29N3O4S.ClH/c1-13(2)25-17-6-4-15(5-7-17)20-26(23,24)12-18(22)21-9-8-14(3)10-16(21)11-19;/h4-7,13-14,16,20H,8-12,19H2,1-3H3;1H. The number of hydrogen-bond acceptors (Lipinski definition) is 5. The van der Waals surface area contributed by atoms with Crippen LogP contribution in [0, 0.1) is 5.92 Å². The molecular weight excluding hydrogens is 390 g/mol. The number of rotatable bonds is 7. The fourth-order valence-corrected chi connectivity index (χ4v) is 4.20. The number of anilines is 1. The molecule has 3 N–H and O–H groups in total. The van der Waals surface area contributed by atoms with Crippen molar-refractivity contribution in [3.8, 4) is 5.75 Å². The van der Waals surface area contributed by atoms with E-state index in [0.29, 0.717) is 30.4 Å². The summed E-state index contributed by atoms with van der Waals surface area (Å²) in [6.45, 7) is 6.85. The quantitative estimate of drug-likeness (QED) is 0.705. The van der Waals surface area contributed by atoms with Gasteiger partial charge in [0.05, 0.1) is 6.10 Å². The molecule has 0 aromatic heterocycles. The van der Waals surface area contributed by atoms with E-state index in [1.807, 2.05) is 13.8 Å². The molecule has 1 aliphatic heterocycles. The van der Waals surface area contributed by atoms with Gasteiger partial charge in [-0.3, -0.25) is 9.52 Å². The van der Waals surface area contributed by atoms with Gasteiger partial charge in [-0.2, -0.15) is 0 Å². The third kappa shape index (κ3) is 7.20. The van der Waals surface area contributed by atoms with E-state index < -0.39 is 21.7 Å². The minimum absolute atomic E-state index is 0. The van der Waals surface area contributed by atoms with Gasteiger partial charge in [-0.05, 0) is 56.9 Å². The number of halogens is 1. The number of piperidine rings is 1. The van der Waals surface area contributed by atoms with E-state index in [0.717, 1.165) is 12.8 Å². The van der Waals surface area contributed by atoms with Crippen molar-refractivity contribution in [2.24, 2.45) is 11.7 Å². The van der Waals surface area contributed by atoms with Crippen LogP contribution in [-0.4, -0.2) is 50.2 Å². The summed E-state index contributed by atoms with van der Waals surface area (Å²) in [7, 11) is -3.79. The van der Waals surface area contributed by atoms with Crippen LogP contribution in [0.5, 0.6) is 5.75 Å². The molecule has 1 aromatic carbocycles. The number of carbonyl (C=O) groups is 1. The first-order valence-corrected chi connectivity index (χ1v) is 10.6. The third-order valence-electron chi connectivity index (χ3n) is 4.38. The summed E-state index contributed by atoms with van der Waals surface area (Å²) >= 11 is 0. The number of hydrogen-bond donors (Lipinski definition) is 2. The molecule has 0 aliphatic carbocycles. The highest BCUT2D eigenvalue weighted by atomic mass is 35.5. The van der Waals surface area contributed by atoms with Crippen LogP contribution in [0.15, 0.2) is 24.3 Å². The van der Waals surface area contributed by atoms with Gasteiger partial charge in [0, 0.05) is 24.8 Å². The largest absolute Gasteiger partial charge is 0.491 e. The first kappa shape index (κ1) is 23.5. The highest BCUT2D eigenvalue weighted by Gasteiger charge is 2.31. The maximum absolute atomic E-state index is 12.5. The van der Waals surface area contributed by atoms with E-state index in [4.69, 9.17) is 10.5 Å². The lowest BCUT2D eigenvalue weighted by Crippen LogP contribution is -2.51. The molecule has 2 atom stereocenters. The minimum atomic E-state index is -3.79. The molecule has 2 unspecified atom stereocenters. The Morgan fingerprint density at radius 2 is 1.96 bits per heavy atom. The maximum Gasteiger partial charge on any atom is 0.241 e. The number of nitrogens with one attached hydrogen (secondary N) is 1. The lowest BCUT2D eigenvalue weighted by molar-refractivity contribution is -0.132. The monoisotopic (exact) mass is 419 g/mol. The molecule has 0 radical (unpaired) electrons. The Bertz CT molecular complexity index is 710. The number of nitrogens with zero attached hydrogens (tertiary/aromatic N) is 1. The second-order valence-electron chi connectivity index (χ2n) is 7.16. The van der Waals surface area contributed by atoms with Crippen LogP contribution in [0.4, 0.5) is 5.69 Å². The van der Waals surface area contributed by atoms with E-state index in [2.05, 4.69) is 11.6 Å². The Hall–Kier alpha value is -1.51. The zero-order valence-corrected chi connectivity index (χ0v) is 17.7. The predicted molar refractivity (Wildman–Crippen MR) is 110 cm³/mol. The van der Waals surface area contributed by atoms with Crippen molar-refractivity contribution in [3.05, 3.63) is 24.3 Å². The Labute approximate surface area is 168 Å². The number of sulfonamides is 1. The zero-order valence-electron chi connectivity index (χ0n) is 16.1. The molecule has 0 spiro atoms. The van der Waals surface area contributed by atoms with Gasteiger partial charge >= 0.3 is 0 Å². The summed E-state index contributed by atoms with van der Waals surface area (Å²) in [5.41, 5.74) is 6.16. The zero-order chi connectivity index (χ0) is 19.3. The molecule has 1 saturated heterocycles. The van der Waals surface area contributed by atoms with Crippen molar-refractivity contribution in [2.75, 3.05) is 23.6 Å². The molecule has 1 heterocycles. The SMILES string of the molecule is CC1CCN(C(=O)CS(=O)(=O)Nc2ccc(OC(C)C)cc2)C(CN)C1.Cl. The van der Waals surface area contributed by atoms with Crippen LogP contribution in [-0.2, 0) is 14.8 Å². The summed E-state index contributed by atoms with van der Waals surface area (Å²) in [6, 6.07) is 6.52. The number of amides is 1. The highest BCUT2D eigenvalue weighted by molar-refractivity contribution is 7.93. The lowest BCUT2D eigenvalue weighted by Gasteiger charge is -2.38. The van der Waals surface area contributed by atoms with Crippen LogP contribution >= 0.6 is 12.4 Å². The Morgan fingerprint density at radius 3 is 2.52 bits per heavy atom. The first-order valence-electron chi connectivity index (χ1n) is 8.97. The maximum atomic E-state index is 12.5. The summed E-state index contributed by atoms with van der Waals surface area (Å²) < 4.78 is 32.7. The predicted octanol–water partition coefficient (Wildman–Crippen LogP) is 2.22. The summed E-state index contributed by atoms with van der Waals surface area (Å²) in [5.74, 6) is 0.169.